The average Bonchev–Trinajstić information content (AvgIpc) is 3.17. The van der Waals surface area contributed by atoms with Crippen molar-refractivity contribution in [3.63, 3.8) is 0 Å². The van der Waals surface area contributed by atoms with Crippen molar-refractivity contribution < 1.29 is 34.7 Å². The molecule has 4 fully saturated rings. The molecule has 0 aromatic heterocycles. The Balaban J connectivity index is 1.51. The Morgan fingerprint density at radius 1 is 1.03 bits per heavy atom. The number of ether oxygens (including phenoxy) is 2. The summed E-state index contributed by atoms with van der Waals surface area (Å²) in [6.45, 7) is 13.8. The maximum atomic E-state index is 13.4. The van der Waals surface area contributed by atoms with E-state index in [0.717, 1.165) is 24.8 Å². The van der Waals surface area contributed by atoms with E-state index in [2.05, 4.69) is 20.8 Å². The summed E-state index contributed by atoms with van der Waals surface area (Å²) < 4.78 is 13.1. The molecule has 5 aliphatic rings. The summed E-state index contributed by atoms with van der Waals surface area (Å²) in [6.07, 6.45) is 4.51. The molecule has 2 unspecified atom stereocenters. The average molecular weight is 521 g/mol. The van der Waals surface area contributed by atoms with Crippen LogP contribution in [0.2, 0.25) is 0 Å². The minimum Gasteiger partial charge on any atom is -0.390 e. The van der Waals surface area contributed by atoms with Gasteiger partial charge in [-0.1, -0.05) is 13.8 Å². The van der Waals surface area contributed by atoms with Crippen molar-refractivity contribution in [2.24, 2.45) is 28.6 Å². The van der Waals surface area contributed by atoms with Gasteiger partial charge in [0, 0.05) is 11.3 Å². The van der Waals surface area contributed by atoms with E-state index in [4.69, 9.17) is 9.47 Å². The van der Waals surface area contributed by atoms with Crippen molar-refractivity contribution in [1.29, 1.82) is 0 Å². The van der Waals surface area contributed by atoms with Crippen molar-refractivity contribution >= 4 is 5.78 Å². The summed E-state index contributed by atoms with van der Waals surface area (Å²) >= 11 is 0. The smallest absolute Gasteiger partial charge is 0.164 e. The zero-order valence-electron chi connectivity index (χ0n) is 23.7. The van der Waals surface area contributed by atoms with Crippen LogP contribution in [0, 0.1) is 28.6 Å². The molecule has 1 aliphatic heterocycles. The van der Waals surface area contributed by atoms with Crippen molar-refractivity contribution in [2.75, 3.05) is 0 Å². The second-order valence-electron chi connectivity index (χ2n) is 14.7. The molecule has 0 radical (unpaired) electrons. The molecule has 10 atom stereocenters. The maximum absolute atomic E-state index is 13.4. The van der Waals surface area contributed by atoms with Gasteiger partial charge in [0.25, 0.3) is 0 Å². The number of fused-ring (bicyclic) bond motifs is 5. The first-order chi connectivity index (χ1) is 16.9. The zero-order chi connectivity index (χ0) is 27.4. The van der Waals surface area contributed by atoms with E-state index < -0.39 is 45.6 Å². The van der Waals surface area contributed by atoms with Crippen LogP contribution in [-0.4, -0.2) is 67.1 Å². The molecule has 7 heteroatoms. The molecule has 1 heterocycles. The fourth-order valence-corrected chi connectivity index (χ4v) is 9.49. The SMILES string of the molecule is CC(C)(O)CC[C@H]1OC(C)(C)O[C@]1(C)[C@H]1CC[C@@]2(O)C3=CC(=O)[C@@H]4CC(O)C(O)C[C@]4(C)[C@H]3CC[C@]12C. The van der Waals surface area contributed by atoms with E-state index in [0.29, 0.717) is 25.7 Å². The van der Waals surface area contributed by atoms with Crippen LogP contribution in [0.1, 0.15) is 99.8 Å². The first kappa shape index (κ1) is 27.7. The summed E-state index contributed by atoms with van der Waals surface area (Å²) in [7, 11) is 0. The lowest BCUT2D eigenvalue weighted by molar-refractivity contribution is -0.191. The quantitative estimate of drug-likeness (QED) is 0.447. The fraction of sp³-hybridized carbons (Fsp3) is 0.900. The number of allylic oxidation sites excluding steroid dienone is 1. The van der Waals surface area contributed by atoms with Gasteiger partial charge in [0.15, 0.2) is 11.6 Å². The molecular formula is C30H48O7. The molecule has 4 aliphatic carbocycles. The van der Waals surface area contributed by atoms with Crippen LogP contribution in [0.5, 0.6) is 0 Å². The third-order valence-corrected chi connectivity index (χ3v) is 11.4. The third-order valence-electron chi connectivity index (χ3n) is 11.4. The normalized spacial score (nSPS) is 51.3. The van der Waals surface area contributed by atoms with E-state index in [1.165, 1.54) is 0 Å². The number of carbonyl (C=O) groups excluding carboxylic acids is 1. The molecule has 7 nitrogen and oxygen atoms in total. The van der Waals surface area contributed by atoms with Crippen LogP contribution in [0.3, 0.4) is 0 Å². The highest BCUT2D eigenvalue weighted by atomic mass is 16.8. The number of carbonyl (C=O) groups is 1. The van der Waals surface area contributed by atoms with Crippen molar-refractivity contribution in [2.45, 2.75) is 141 Å². The van der Waals surface area contributed by atoms with Gasteiger partial charge in [-0.3, -0.25) is 4.79 Å². The monoisotopic (exact) mass is 520 g/mol. The highest BCUT2D eigenvalue weighted by Crippen LogP contribution is 2.69. The maximum Gasteiger partial charge on any atom is 0.164 e. The van der Waals surface area contributed by atoms with Crippen molar-refractivity contribution in [3.05, 3.63) is 11.6 Å². The molecule has 210 valence electrons. The van der Waals surface area contributed by atoms with Crippen LogP contribution in [-0.2, 0) is 14.3 Å². The summed E-state index contributed by atoms with van der Waals surface area (Å²) in [4.78, 5) is 13.4. The topological polar surface area (TPSA) is 116 Å². The number of hydrogen-bond donors (Lipinski definition) is 4. The molecule has 0 amide bonds. The molecule has 0 aromatic rings. The van der Waals surface area contributed by atoms with E-state index in [-0.39, 0.29) is 36.1 Å². The Morgan fingerprint density at radius 3 is 2.35 bits per heavy atom. The first-order valence-corrected chi connectivity index (χ1v) is 14.3. The molecule has 0 bridgehead atoms. The van der Waals surface area contributed by atoms with Gasteiger partial charge in [0.05, 0.1) is 35.1 Å². The molecule has 4 N–H and O–H groups in total. The Bertz CT molecular complexity index is 983. The molecule has 0 spiro atoms. The van der Waals surface area contributed by atoms with Gasteiger partial charge in [0.2, 0.25) is 0 Å². The Hall–Kier alpha value is -0.830. The number of aliphatic hydroxyl groups excluding tert-OH is 2. The number of aliphatic hydroxyl groups is 4. The summed E-state index contributed by atoms with van der Waals surface area (Å²) in [5.41, 5.74) is -2.79. The zero-order valence-corrected chi connectivity index (χ0v) is 23.7. The predicted molar refractivity (Wildman–Crippen MR) is 138 cm³/mol. The van der Waals surface area contributed by atoms with E-state index in [1.54, 1.807) is 6.08 Å². The third kappa shape index (κ3) is 4.02. The molecular weight excluding hydrogens is 472 g/mol. The minimum atomic E-state index is -1.15. The lowest BCUT2D eigenvalue weighted by atomic mass is 9.45. The summed E-state index contributed by atoms with van der Waals surface area (Å²) in [5, 5.41) is 43.9. The van der Waals surface area contributed by atoms with Gasteiger partial charge in [-0.05, 0) is 115 Å². The lowest BCUT2D eigenvalue weighted by Gasteiger charge is -2.60. The fourth-order valence-electron chi connectivity index (χ4n) is 9.49. The van der Waals surface area contributed by atoms with Crippen molar-refractivity contribution in [1.82, 2.24) is 0 Å². The van der Waals surface area contributed by atoms with Crippen LogP contribution in [0.4, 0.5) is 0 Å². The van der Waals surface area contributed by atoms with Crippen LogP contribution >= 0.6 is 0 Å². The van der Waals surface area contributed by atoms with Gasteiger partial charge < -0.3 is 29.9 Å². The summed E-state index contributed by atoms with van der Waals surface area (Å²) in [5.74, 6) is -1.14. The molecule has 1 saturated heterocycles. The van der Waals surface area contributed by atoms with Crippen molar-refractivity contribution in [3.8, 4) is 0 Å². The van der Waals surface area contributed by atoms with Gasteiger partial charge in [-0.2, -0.15) is 0 Å². The molecule has 37 heavy (non-hydrogen) atoms. The number of ketones is 1. The first-order valence-electron chi connectivity index (χ1n) is 14.3. The minimum absolute atomic E-state index is 0.000157. The Labute approximate surface area is 221 Å². The molecule has 0 aromatic carbocycles. The van der Waals surface area contributed by atoms with Crippen LogP contribution in [0.25, 0.3) is 0 Å². The number of rotatable bonds is 4. The molecule has 3 saturated carbocycles. The molecule has 5 rings (SSSR count). The van der Waals surface area contributed by atoms with Gasteiger partial charge in [0.1, 0.15) is 0 Å². The Kier molecular flexibility index (Phi) is 6.25. The van der Waals surface area contributed by atoms with E-state index in [9.17, 15) is 25.2 Å². The lowest BCUT2D eigenvalue weighted by Crippen LogP contribution is -2.62. The van der Waals surface area contributed by atoms with E-state index >= 15 is 0 Å². The largest absolute Gasteiger partial charge is 0.390 e. The van der Waals surface area contributed by atoms with Gasteiger partial charge in [-0.25, -0.2) is 0 Å². The van der Waals surface area contributed by atoms with Crippen LogP contribution in [0.15, 0.2) is 11.6 Å². The second kappa shape index (κ2) is 8.34. The second-order valence-corrected chi connectivity index (χ2v) is 14.7. The summed E-state index contributed by atoms with van der Waals surface area (Å²) in [6, 6.07) is 0. The van der Waals surface area contributed by atoms with Gasteiger partial charge >= 0.3 is 0 Å². The standard InChI is InChI=1S/C30H48O7/c1-25(2,34)11-10-24-29(7,37-26(3,4)36-24)23-9-13-30(35)18-14-20(31)19-15-21(32)22(33)16-27(19,5)17(18)8-12-28(23,30)6/h14,17,19,21-24,32-35H,8-13,15-16H2,1-7H3/t17-,19-,21?,22?,23-,24+,27+,28+,29+,30+/m0/s1. The number of hydrogen-bond acceptors (Lipinski definition) is 7. The van der Waals surface area contributed by atoms with Gasteiger partial charge in [-0.15, -0.1) is 0 Å². The highest BCUT2D eigenvalue weighted by molar-refractivity contribution is 5.95. The Morgan fingerprint density at radius 2 is 1.70 bits per heavy atom. The predicted octanol–water partition coefficient (Wildman–Crippen LogP) is 3.65. The highest BCUT2D eigenvalue weighted by Gasteiger charge is 2.71. The van der Waals surface area contributed by atoms with Crippen LogP contribution < -0.4 is 0 Å². The van der Waals surface area contributed by atoms with E-state index in [1.807, 2.05) is 27.7 Å².